The summed E-state index contributed by atoms with van der Waals surface area (Å²) in [6.45, 7) is 4.48. The van der Waals surface area contributed by atoms with Gasteiger partial charge in [-0.15, -0.1) is 0 Å². The number of allylic oxidation sites excluding steroid dienone is 1. The van der Waals surface area contributed by atoms with E-state index in [4.69, 9.17) is 0 Å². The molecule has 0 aromatic rings. The third-order valence-electron chi connectivity index (χ3n) is 2.45. The SMILES string of the molecule is CC(C)[N+]1=CC=C2C=CCC21. The first-order valence-corrected chi connectivity index (χ1v) is 4.28. The monoisotopic (exact) mass is 148 g/mol. The number of fused-ring (bicyclic) bond motifs is 1. The summed E-state index contributed by atoms with van der Waals surface area (Å²) in [4.78, 5) is 0. The first-order chi connectivity index (χ1) is 5.29. The molecule has 0 fully saturated rings. The Morgan fingerprint density at radius 1 is 1.55 bits per heavy atom. The van der Waals surface area contributed by atoms with Gasteiger partial charge in [-0.05, 0) is 13.8 Å². The summed E-state index contributed by atoms with van der Waals surface area (Å²) in [6, 6.07) is 1.30. The third-order valence-corrected chi connectivity index (χ3v) is 2.45. The highest BCUT2D eigenvalue weighted by molar-refractivity contribution is 5.72. The zero-order chi connectivity index (χ0) is 7.84. The Labute approximate surface area is 67.7 Å². The molecular weight excluding hydrogens is 134 g/mol. The average molecular weight is 148 g/mol. The number of hydrogen-bond donors (Lipinski definition) is 0. The van der Waals surface area contributed by atoms with Gasteiger partial charge in [-0.25, -0.2) is 4.58 Å². The van der Waals surface area contributed by atoms with E-state index in [9.17, 15) is 0 Å². The molecule has 1 heteroatoms. The minimum atomic E-state index is 0.633. The third kappa shape index (κ3) is 0.953. The van der Waals surface area contributed by atoms with Crippen molar-refractivity contribution >= 4 is 6.21 Å². The summed E-state index contributed by atoms with van der Waals surface area (Å²) in [5.41, 5.74) is 1.48. The van der Waals surface area contributed by atoms with Gasteiger partial charge >= 0.3 is 0 Å². The molecule has 0 bridgehead atoms. The Morgan fingerprint density at radius 3 is 3.09 bits per heavy atom. The van der Waals surface area contributed by atoms with Crippen molar-refractivity contribution in [3.63, 3.8) is 0 Å². The molecular formula is C10H14N+. The molecule has 0 aromatic heterocycles. The van der Waals surface area contributed by atoms with E-state index in [1.807, 2.05) is 0 Å². The van der Waals surface area contributed by atoms with E-state index in [2.05, 4.69) is 42.9 Å². The zero-order valence-electron chi connectivity index (χ0n) is 7.12. The molecule has 58 valence electrons. The first kappa shape index (κ1) is 6.84. The summed E-state index contributed by atoms with van der Waals surface area (Å²) in [7, 11) is 0. The minimum Gasteiger partial charge on any atom is -0.227 e. The van der Waals surface area contributed by atoms with Gasteiger partial charge in [0, 0.05) is 18.1 Å². The van der Waals surface area contributed by atoms with Crippen LogP contribution >= 0.6 is 0 Å². The molecule has 0 aromatic carbocycles. The number of hydrogen-bond acceptors (Lipinski definition) is 0. The van der Waals surface area contributed by atoms with Crippen molar-refractivity contribution in [1.29, 1.82) is 0 Å². The normalized spacial score (nSPS) is 27.4. The first-order valence-electron chi connectivity index (χ1n) is 4.28. The Hall–Kier alpha value is -0.850. The van der Waals surface area contributed by atoms with Crippen molar-refractivity contribution in [3.8, 4) is 0 Å². The zero-order valence-corrected chi connectivity index (χ0v) is 7.12. The van der Waals surface area contributed by atoms with Gasteiger partial charge in [0.15, 0.2) is 12.3 Å². The molecule has 2 rings (SSSR count). The standard InChI is InChI=1S/C10H14N/c1-8(2)11-7-6-9-4-3-5-10(9)11/h3-4,6-8,10H,5H2,1-2H3/q+1. The van der Waals surface area contributed by atoms with Crippen LogP contribution in [0.15, 0.2) is 23.8 Å². The van der Waals surface area contributed by atoms with Crippen molar-refractivity contribution in [2.45, 2.75) is 32.4 Å². The average Bonchev–Trinajstić information content (AvgIpc) is 2.41. The quantitative estimate of drug-likeness (QED) is 0.498. The van der Waals surface area contributed by atoms with E-state index in [0.29, 0.717) is 12.1 Å². The lowest BCUT2D eigenvalue weighted by Crippen LogP contribution is -2.28. The van der Waals surface area contributed by atoms with Gasteiger partial charge in [0.05, 0.1) is 0 Å². The second kappa shape index (κ2) is 2.33. The van der Waals surface area contributed by atoms with Crippen LogP contribution in [-0.4, -0.2) is 22.9 Å². The largest absolute Gasteiger partial charge is 0.227 e. The molecule has 1 nitrogen and oxygen atoms in total. The van der Waals surface area contributed by atoms with Gasteiger partial charge in [-0.2, -0.15) is 0 Å². The van der Waals surface area contributed by atoms with E-state index in [1.54, 1.807) is 0 Å². The maximum absolute atomic E-state index is 2.43. The summed E-state index contributed by atoms with van der Waals surface area (Å²) in [5, 5.41) is 0. The second-order valence-corrected chi connectivity index (χ2v) is 3.51. The molecule has 1 unspecified atom stereocenters. The lowest BCUT2D eigenvalue weighted by molar-refractivity contribution is -0.576. The van der Waals surface area contributed by atoms with E-state index in [-0.39, 0.29) is 0 Å². The van der Waals surface area contributed by atoms with Crippen LogP contribution in [0.2, 0.25) is 0 Å². The highest BCUT2D eigenvalue weighted by atomic mass is 15.1. The van der Waals surface area contributed by atoms with Crippen LogP contribution in [0.3, 0.4) is 0 Å². The van der Waals surface area contributed by atoms with Gasteiger partial charge < -0.3 is 0 Å². The molecule has 0 amide bonds. The molecule has 0 spiro atoms. The Morgan fingerprint density at radius 2 is 2.36 bits per heavy atom. The fraction of sp³-hybridized carbons (Fsp3) is 0.500. The summed E-state index contributed by atoms with van der Waals surface area (Å²) in [6.07, 6.45) is 10.1. The maximum atomic E-state index is 2.43. The Bertz CT molecular complexity index is 256. The van der Waals surface area contributed by atoms with Crippen molar-refractivity contribution < 1.29 is 4.58 Å². The number of nitrogens with zero attached hydrogens (tertiary/aromatic N) is 1. The van der Waals surface area contributed by atoms with Crippen LogP contribution in [0.1, 0.15) is 20.3 Å². The highest BCUT2D eigenvalue weighted by Crippen LogP contribution is 2.24. The van der Waals surface area contributed by atoms with Gasteiger partial charge in [-0.1, -0.05) is 12.2 Å². The van der Waals surface area contributed by atoms with Crippen LogP contribution in [0, 0.1) is 0 Å². The van der Waals surface area contributed by atoms with E-state index in [1.165, 1.54) is 12.0 Å². The van der Waals surface area contributed by atoms with Gasteiger partial charge in [0.1, 0.15) is 6.04 Å². The van der Waals surface area contributed by atoms with Crippen LogP contribution in [0.4, 0.5) is 0 Å². The van der Waals surface area contributed by atoms with E-state index < -0.39 is 0 Å². The molecule has 1 heterocycles. The molecule has 1 aliphatic heterocycles. The van der Waals surface area contributed by atoms with Crippen LogP contribution in [-0.2, 0) is 0 Å². The Kier molecular flexibility index (Phi) is 1.45. The number of rotatable bonds is 1. The predicted octanol–water partition coefficient (Wildman–Crippen LogP) is 1.75. The second-order valence-electron chi connectivity index (χ2n) is 3.51. The minimum absolute atomic E-state index is 0.633. The maximum Gasteiger partial charge on any atom is 0.181 e. The smallest absolute Gasteiger partial charge is 0.181 e. The van der Waals surface area contributed by atoms with Gasteiger partial charge in [0.25, 0.3) is 0 Å². The molecule has 0 radical (unpaired) electrons. The molecule has 11 heavy (non-hydrogen) atoms. The molecule has 0 saturated heterocycles. The molecule has 0 saturated carbocycles. The van der Waals surface area contributed by atoms with Crippen molar-refractivity contribution in [2.24, 2.45) is 0 Å². The fourth-order valence-corrected chi connectivity index (χ4v) is 1.85. The molecule has 1 aliphatic carbocycles. The van der Waals surface area contributed by atoms with Crippen molar-refractivity contribution in [1.82, 2.24) is 0 Å². The van der Waals surface area contributed by atoms with Crippen LogP contribution in [0.25, 0.3) is 0 Å². The summed E-state index contributed by atoms with van der Waals surface area (Å²) < 4.78 is 2.43. The lowest BCUT2D eigenvalue weighted by atomic mass is 10.1. The molecule has 1 atom stereocenters. The topological polar surface area (TPSA) is 3.01 Å². The summed E-state index contributed by atoms with van der Waals surface area (Å²) >= 11 is 0. The van der Waals surface area contributed by atoms with Gasteiger partial charge in [-0.3, -0.25) is 0 Å². The van der Waals surface area contributed by atoms with Crippen molar-refractivity contribution in [3.05, 3.63) is 23.8 Å². The van der Waals surface area contributed by atoms with Crippen molar-refractivity contribution in [2.75, 3.05) is 0 Å². The summed E-state index contributed by atoms with van der Waals surface area (Å²) in [5.74, 6) is 0. The van der Waals surface area contributed by atoms with Crippen LogP contribution in [0.5, 0.6) is 0 Å². The molecule has 0 N–H and O–H groups in total. The predicted molar refractivity (Wildman–Crippen MR) is 47.1 cm³/mol. The molecule has 2 aliphatic rings. The van der Waals surface area contributed by atoms with Gasteiger partial charge in [0.2, 0.25) is 0 Å². The Balaban J connectivity index is 2.22. The van der Waals surface area contributed by atoms with E-state index >= 15 is 0 Å². The van der Waals surface area contributed by atoms with E-state index in [0.717, 1.165) is 0 Å². The highest BCUT2D eigenvalue weighted by Gasteiger charge is 2.31. The lowest BCUT2D eigenvalue weighted by Gasteiger charge is -2.10. The fourth-order valence-electron chi connectivity index (χ4n) is 1.85. The van der Waals surface area contributed by atoms with Crippen LogP contribution < -0.4 is 0 Å².